The van der Waals surface area contributed by atoms with Gasteiger partial charge in [0, 0.05) is 11.8 Å². The van der Waals surface area contributed by atoms with Gasteiger partial charge in [-0.1, -0.05) is 0 Å². The molecular formula is C13H7F5N2O. The predicted molar refractivity (Wildman–Crippen MR) is 65.0 cm³/mol. The first-order valence-electron chi connectivity index (χ1n) is 5.50. The molecule has 8 heteroatoms. The zero-order chi connectivity index (χ0) is 15.7. The van der Waals surface area contributed by atoms with Crippen molar-refractivity contribution >= 4 is 17.3 Å². The molecule has 0 aromatic heterocycles. The zero-order valence-corrected chi connectivity index (χ0v) is 10.2. The van der Waals surface area contributed by atoms with E-state index in [1.165, 1.54) is 0 Å². The molecule has 3 nitrogen and oxygen atoms in total. The molecule has 0 aliphatic rings. The molecule has 0 aliphatic heterocycles. The summed E-state index contributed by atoms with van der Waals surface area (Å²) in [5.74, 6) is -8.96. The van der Waals surface area contributed by atoms with Crippen LogP contribution in [-0.2, 0) is 0 Å². The van der Waals surface area contributed by atoms with Crippen molar-refractivity contribution in [1.82, 2.24) is 0 Å². The molecule has 1 amide bonds. The zero-order valence-electron chi connectivity index (χ0n) is 10.2. The average molecular weight is 302 g/mol. The van der Waals surface area contributed by atoms with Crippen molar-refractivity contribution in [3.8, 4) is 0 Å². The number of amides is 1. The topological polar surface area (TPSA) is 55.1 Å². The Kier molecular flexibility index (Phi) is 3.79. The minimum absolute atomic E-state index is 0.00311. The lowest BCUT2D eigenvalue weighted by atomic mass is 10.1. The molecule has 0 bridgehead atoms. The van der Waals surface area contributed by atoms with Crippen LogP contribution in [0.2, 0.25) is 0 Å². The number of anilines is 2. The minimum atomic E-state index is -1.78. The van der Waals surface area contributed by atoms with Gasteiger partial charge < -0.3 is 11.1 Å². The Morgan fingerprint density at radius 3 is 2.10 bits per heavy atom. The third-order valence-electron chi connectivity index (χ3n) is 2.61. The van der Waals surface area contributed by atoms with Gasteiger partial charge in [0.05, 0.1) is 5.56 Å². The highest BCUT2D eigenvalue weighted by atomic mass is 19.2. The van der Waals surface area contributed by atoms with Crippen LogP contribution in [0.4, 0.5) is 33.3 Å². The Labute approximate surface area is 115 Å². The molecule has 110 valence electrons. The molecule has 0 fully saturated rings. The van der Waals surface area contributed by atoms with E-state index in [4.69, 9.17) is 5.73 Å². The fourth-order valence-corrected chi connectivity index (χ4v) is 1.59. The van der Waals surface area contributed by atoms with Crippen LogP contribution in [0.5, 0.6) is 0 Å². The molecule has 21 heavy (non-hydrogen) atoms. The number of nitrogens with one attached hydrogen (secondary N) is 1. The minimum Gasteiger partial charge on any atom is -0.398 e. The van der Waals surface area contributed by atoms with E-state index in [2.05, 4.69) is 0 Å². The van der Waals surface area contributed by atoms with E-state index >= 15 is 0 Å². The number of benzene rings is 2. The quantitative estimate of drug-likeness (QED) is 0.508. The van der Waals surface area contributed by atoms with Crippen LogP contribution in [0.3, 0.4) is 0 Å². The summed E-state index contributed by atoms with van der Waals surface area (Å²) in [4.78, 5) is 11.8. The second-order valence-electron chi connectivity index (χ2n) is 4.03. The summed E-state index contributed by atoms with van der Waals surface area (Å²) in [5, 5.41) is 1.63. The largest absolute Gasteiger partial charge is 0.398 e. The molecule has 0 radical (unpaired) electrons. The maximum absolute atomic E-state index is 13.4. The number of hydrogen-bond acceptors (Lipinski definition) is 2. The fraction of sp³-hybridized carbons (Fsp3) is 0. The number of halogens is 5. The second kappa shape index (κ2) is 5.39. The lowest BCUT2D eigenvalue weighted by molar-refractivity contribution is 0.102. The van der Waals surface area contributed by atoms with Crippen LogP contribution in [0.15, 0.2) is 24.3 Å². The van der Waals surface area contributed by atoms with Crippen LogP contribution in [0, 0.1) is 29.1 Å². The predicted octanol–water partition coefficient (Wildman–Crippen LogP) is 3.22. The van der Waals surface area contributed by atoms with Gasteiger partial charge in [-0.2, -0.15) is 0 Å². The Morgan fingerprint density at radius 2 is 1.52 bits per heavy atom. The van der Waals surface area contributed by atoms with E-state index < -0.39 is 46.2 Å². The average Bonchev–Trinajstić information content (AvgIpc) is 2.43. The molecule has 3 N–H and O–H groups in total. The number of carbonyl (C=O) groups excluding carboxylic acids is 1. The van der Waals surface area contributed by atoms with Crippen LogP contribution in [0.1, 0.15) is 10.4 Å². The molecule has 0 saturated carbocycles. The van der Waals surface area contributed by atoms with Gasteiger partial charge >= 0.3 is 0 Å². The Balaban J connectivity index is 2.43. The van der Waals surface area contributed by atoms with Gasteiger partial charge in [0.1, 0.15) is 11.5 Å². The molecular weight excluding hydrogens is 295 g/mol. The molecule has 0 aliphatic carbocycles. The van der Waals surface area contributed by atoms with Crippen LogP contribution in [0.25, 0.3) is 0 Å². The van der Waals surface area contributed by atoms with Gasteiger partial charge in [-0.3, -0.25) is 4.79 Å². The van der Waals surface area contributed by atoms with Crippen molar-refractivity contribution in [3.63, 3.8) is 0 Å². The highest BCUT2D eigenvalue weighted by molar-refractivity contribution is 6.07. The summed E-state index contributed by atoms with van der Waals surface area (Å²) in [6.07, 6.45) is 0. The molecule has 0 saturated heterocycles. The summed E-state index contributed by atoms with van der Waals surface area (Å²) in [6.45, 7) is 0. The lowest BCUT2D eigenvalue weighted by Crippen LogP contribution is -2.17. The highest BCUT2D eigenvalue weighted by Gasteiger charge is 2.22. The monoisotopic (exact) mass is 302 g/mol. The van der Waals surface area contributed by atoms with Crippen molar-refractivity contribution in [2.75, 3.05) is 11.1 Å². The van der Waals surface area contributed by atoms with E-state index in [0.29, 0.717) is 0 Å². The lowest BCUT2D eigenvalue weighted by Gasteiger charge is -2.10. The van der Waals surface area contributed by atoms with Crippen molar-refractivity contribution in [1.29, 1.82) is 0 Å². The molecule has 0 spiro atoms. The van der Waals surface area contributed by atoms with Crippen molar-refractivity contribution in [3.05, 3.63) is 58.9 Å². The first kappa shape index (κ1) is 14.8. The standard InChI is InChI=1S/C13H7F5N2O/c14-5-1-2-9(19)6(3-5)13(21)20-12-10(17)7(15)4-8(16)11(12)18/h1-4H,19H2,(H,20,21). The number of nitrogens with two attached hydrogens (primary N) is 1. The highest BCUT2D eigenvalue weighted by Crippen LogP contribution is 2.25. The number of carbonyl (C=O) groups is 1. The molecule has 2 aromatic rings. The van der Waals surface area contributed by atoms with Gasteiger partial charge in [-0.15, -0.1) is 0 Å². The molecule has 0 atom stereocenters. The van der Waals surface area contributed by atoms with Gasteiger partial charge in [0.2, 0.25) is 0 Å². The summed E-state index contributed by atoms with van der Waals surface area (Å²) in [5.41, 5.74) is 3.49. The number of hydrogen-bond donors (Lipinski definition) is 2. The number of nitrogen functional groups attached to an aromatic ring is 1. The van der Waals surface area contributed by atoms with E-state index in [0.717, 1.165) is 18.2 Å². The smallest absolute Gasteiger partial charge is 0.258 e. The summed E-state index contributed by atoms with van der Waals surface area (Å²) < 4.78 is 65.8. The fourth-order valence-electron chi connectivity index (χ4n) is 1.59. The van der Waals surface area contributed by atoms with Crippen molar-refractivity contribution in [2.45, 2.75) is 0 Å². The summed E-state index contributed by atoms with van der Waals surface area (Å²) >= 11 is 0. The van der Waals surface area contributed by atoms with Crippen LogP contribution >= 0.6 is 0 Å². The SMILES string of the molecule is Nc1ccc(F)cc1C(=O)Nc1c(F)c(F)cc(F)c1F. The Morgan fingerprint density at radius 1 is 0.952 bits per heavy atom. The van der Waals surface area contributed by atoms with Crippen LogP contribution < -0.4 is 11.1 Å². The van der Waals surface area contributed by atoms with Gasteiger partial charge in [-0.05, 0) is 18.2 Å². The van der Waals surface area contributed by atoms with Gasteiger partial charge in [0.15, 0.2) is 23.3 Å². The summed E-state index contributed by atoms with van der Waals surface area (Å²) in [7, 11) is 0. The van der Waals surface area contributed by atoms with Crippen molar-refractivity contribution in [2.24, 2.45) is 0 Å². The van der Waals surface area contributed by atoms with E-state index in [1.807, 2.05) is 0 Å². The maximum atomic E-state index is 13.4. The summed E-state index contributed by atoms with van der Waals surface area (Å²) in [6, 6.07) is 2.74. The second-order valence-corrected chi connectivity index (χ2v) is 4.03. The maximum Gasteiger partial charge on any atom is 0.258 e. The third-order valence-corrected chi connectivity index (χ3v) is 2.61. The first-order valence-corrected chi connectivity index (χ1v) is 5.50. The van der Waals surface area contributed by atoms with Crippen LogP contribution in [-0.4, -0.2) is 5.91 Å². The molecule has 0 unspecified atom stereocenters. The van der Waals surface area contributed by atoms with E-state index in [-0.39, 0.29) is 11.8 Å². The Bertz CT molecular complexity index is 707. The van der Waals surface area contributed by atoms with Gasteiger partial charge in [-0.25, -0.2) is 22.0 Å². The normalized spacial score (nSPS) is 10.5. The number of rotatable bonds is 2. The Hall–Kier alpha value is -2.64. The first-order chi connectivity index (χ1) is 9.81. The van der Waals surface area contributed by atoms with Gasteiger partial charge in [0.25, 0.3) is 5.91 Å². The van der Waals surface area contributed by atoms with E-state index in [1.54, 1.807) is 5.32 Å². The molecule has 2 rings (SSSR count). The molecule has 0 heterocycles. The molecule has 2 aromatic carbocycles. The van der Waals surface area contributed by atoms with E-state index in [9.17, 15) is 26.7 Å². The van der Waals surface area contributed by atoms with Crippen molar-refractivity contribution < 1.29 is 26.7 Å². The third kappa shape index (κ3) is 2.78.